The second-order valence-electron chi connectivity index (χ2n) is 3.63. The summed E-state index contributed by atoms with van der Waals surface area (Å²) in [4.78, 5) is 12.8. The van der Waals surface area contributed by atoms with E-state index in [1.807, 2.05) is 19.1 Å². The highest BCUT2D eigenvalue weighted by Gasteiger charge is 2.10. The molecule has 6 heteroatoms. The van der Waals surface area contributed by atoms with Crippen LogP contribution in [0.4, 0.5) is 0 Å². The fourth-order valence-corrected chi connectivity index (χ4v) is 2.71. The van der Waals surface area contributed by atoms with Crippen molar-refractivity contribution < 1.29 is 9.21 Å². The van der Waals surface area contributed by atoms with Crippen LogP contribution in [0.15, 0.2) is 37.8 Å². The number of aryl methyl sites for hydroxylation is 1. The summed E-state index contributed by atoms with van der Waals surface area (Å²) in [5.41, 5.74) is 3.78. The molecule has 4 nitrogen and oxygen atoms in total. The molecule has 0 fully saturated rings. The molecule has 0 saturated carbocycles. The summed E-state index contributed by atoms with van der Waals surface area (Å²) >= 11 is 4.95. The van der Waals surface area contributed by atoms with E-state index in [0.717, 1.165) is 14.4 Å². The van der Waals surface area contributed by atoms with Gasteiger partial charge in [0.2, 0.25) is 0 Å². The maximum absolute atomic E-state index is 11.8. The van der Waals surface area contributed by atoms with Crippen molar-refractivity contribution in [2.24, 2.45) is 5.10 Å². The number of hydrogen-bond donors (Lipinski definition) is 1. The minimum absolute atomic E-state index is 0.267. The molecule has 0 aliphatic carbocycles. The van der Waals surface area contributed by atoms with Crippen LogP contribution in [0.25, 0.3) is 0 Å². The molecule has 0 atom stereocenters. The van der Waals surface area contributed by atoms with Crippen molar-refractivity contribution in [2.75, 3.05) is 0 Å². The average molecular weight is 327 g/mol. The molecule has 2 aromatic rings. The molecule has 0 saturated heterocycles. The summed E-state index contributed by atoms with van der Waals surface area (Å²) in [6.07, 6.45) is 1.48. The quantitative estimate of drug-likeness (QED) is 0.692. The fraction of sp³-hybridized carbons (Fsp3) is 0.167. The Balaban J connectivity index is 2.07. The molecule has 0 unspecified atom stereocenters. The first kappa shape index (κ1) is 13.0. The normalized spacial score (nSPS) is 11.6. The maximum Gasteiger partial charge on any atom is 0.274 e. The van der Waals surface area contributed by atoms with Crippen molar-refractivity contribution >= 4 is 38.9 Å². The maximum atomic E-state index is 11.8. The van der Waals surface area contributed by atoms with E-state index in [1.54, 1.807) is 24.3 Å². The number of amides is 1. The molecule has 0 aliphatic rings. The van der Waals surface area contributed by atoms with Gasteiger partial charge in [0, 0.05) is 0 Å². The van der Waals surface area contributed by atoms with Crippen molar-refractivity contribution in [2.45, 2.75) is 13.8 Å². The van der Waals surface area contributed by atoms with Crippen LogP contribution in [0.2, 0.25) is 0 Å². The molecule has 0 bridgehead atoms. The average Bonchev–Trinajstić information content (AvgIpc) is 2.94. The molecule has 94 valence electrons. The smallest absolute Gasteiger partial charge is 0.274 e. The van der Waals surface area contributed by atoms with Gasteiger partial charge in [0.05, 0.1) is 26.2 Å². The first-order valence-corrected chi connectivity index (χ1v) is 6.83. The van der Waals surface area contributed by atoms with Gasteiger partial charge < -0.3 is 4.42 Å². The van der Waals surface area contributed by atoms with Crippen LogP contribution in [0.3, 0.4) is 0 Å². The van der Waals surface area contributed by atoms with Crippen LogP contribution < -0.4 is 5.43 Å². The van der Waals surface area contributed by atoms with Crippen LogP contribution in [-0.4, -0.2) is 11.6 Å². The third kappa shape index (κ3) is 2.88. The number of rotatable bonds is 3. The highest BCUT2D eigenvalue weighted by molar-refractivity contribution is 9.11. The molecule has 0 radical (unpaired) electrons. The van der Waals surface area contributed by atoms with Crippen molar-refractivity contribution in [3.63, 3.8) is 0 Å². The second-order valence-corrected chi connectivity index (χ2v) is 6.10. The Morgan fingerprint density at radius 1 is 1.44 bits per heavy atom. The van der Waals surface area contributed by atoms with Gasteiger partial charge in [0.25, 0.3) is 5.91 Å². The van der Waals surface area contributed by atoms with Gasteiger partial charge in [-0.05, 0) is 48.0 Å². The van der Waals surface area contributed by atoms with E-state index in [2.05, 4.69) is 26.5 Å². The molecule has 18 heavy (non-hydrogen) atoms. The van der Waals surface area contributed by atoms with Crippen LogP contribution in [0, 0.1) is 6.92 Å². The largest absolute Gasteiger partial charge is 0.469 e. The highest BCUT2D eigenvalue weighted by atomic mass is 79.9. The SMILES string of the molecule is C/C(=N/NC(=O)c1ccoc1C)c1ccc(Br)s1. The number of carbonyl (C=O) groups excluding carboxylic acids is 1. The Kier molecular flexibility index (Phi) is 3.98. The standard InChI is InChI=1S/C12H11BrN2O2S/c1-7(10-3-4-11(13)18-10)14-15-12(16)9-5-6-17-8(9)2/h3-6H,1-2H3,(H,15,16)/b14-7-. The van der Waals surface area contributed by atoms with E-state index < -0.39 is 0 Å². The van der Waals surface area contributed by atoms with Crippen molar-refractivity contribution in [1.29, 1.82) is 0 Å². The van der Waals surface area contributed by atoms with E-state index in [1.165, 1.54) is 6.26 Å². The zero-order chi connectivity index (χ0) is 13.1. The number of thiophene rings is 1. The summed E-state index contributed by atoms with van der Waals surface area (Å²) in [5, 5.41) is 4.07. The molecule has 2 rings (SSSR count). The van der Waals surface area contributed by atoms with E-state index in [4.69, 9.17) is 4.42 Å². The van der Waals surface area contributed by atoms with Gasteiger partial charge in [-0.1, -0.05) is 0 Å². The van der Waals surface area contributed by atoms with Gasteiger partial charge in [-0.25, -0.2) is 5.43 Å². The highest BCUT2D eigenvalue weighted by Crippen LogP contribution is 2.22. The molecule has 2 aromatic heterocycles. The van der Waals surface area contributed by atoms with Crippen molar-refractivity contribution in [1.82, 2.24) is 5.43 Å². The zero-order valence-corrected chi connectivity index (χ0v) is 12.3. The van der Waals surface area contributed by atoms with Gasteiger partial charge in [0.1, 0.15) is 5.76 Å². The second kappa shape index (κ2) is 5.49. The first-order valence-electron chi connectivity index (χ1n) is 5.22. The lowest BCUT2D eigenvalue weighted by Gasteiger charge is -1.99. The predicted octanol–water partition coefficient (Wildman–Crippen LogP) is 3.57. The fourth-order valence-electron chi connectivity index (χ4n) is 1.38. The molecule has 0 spiro atoms. The lowest BCUT2D eigenvalue weighted by atomic mass is 10.2. The summed E-state index contributed by atoms with van der Waals surface area (Å²) in [6.45, 7) is 3.59. The number of hydrogen-bond acceptors (Lipinski definition) is 4. The Bertz CT molecular complexity index is 601. The van der Waals surface area contributed by atoms with Crippen LogP contribution in [0.5, 0.6) is 0 Å². The molecular formula is C12H11BrN2O2S. The molecule has 0 aliphatic heterocycles. The summed E-state index contributed by atoms with van der Waals surface area (Å²) in [6, 6.07) is 5.52. The number of nitrogens with one attached hydrogen (secondary N) is 1. The lowest BCUT2D eigenvalue weighted by Crippen LogP contribution is -2.19. The third-order valence-corrected chi connectivity index (χ3v) is 4.09. The van der Waals surface area contributed by atoms with Crippen LogP contribution in [-0.2, 0) is 0 Å². The number of hydrazone groups is 1. The van der Waals surface area contributed by atoms with Gasteiger partial charge >= 0.3 is 0 Å². The predicted molar refractivity (Wildman–Crippen MR) is 75.1 cm³/mol. The summed E-state index contributed by atoms with van der Waals surface area (Å²) in [7, 11) is 0. The molecule has 0 aromatic carbocycles. The van der Waals surface area contributed by atoms with Crippen LogP contribution in [0.1, 0.15) is 27.9 Å². The Labute approximate surface area is 117 Å². The molecule has 2 heterocycles. The van der Waals surface area contributed by atoms with Crippen molar-refractivity contribution in [3.8, 4) is 0 Å². The Hall–Kier alpha value is -1.40. The zero-order valence-electron chi connectivity index (χ0n) is 9.86. The Morgan fingerprint density at radius 3 is 2.78 bits per heavy atom. The van der Waals surface area contributed by atoms with Gasteiger partial charge in [-0.3, -0.25) is 4.79 Å². The van der Waals surface area contributed by atoms with Crippen molar-refractivity contribution in [3.05, 3.63) is 44.4 Å². The monoisotopic (exact) mass is 326 g/mol. The first-order chi connectivity index (χ1) is 8.58. The molecular weight excluding hydrogens is 316 g/mol. The van der Waals surface area contributed by atoms with E-state index in [9.17, 15) is 4.79 Å². The van der Waals surface area contributed by atoms with Gasteiger partial charge in [-0.15, -0.1) is 11.3 Å². The molecule has 1 amide bonds. The topological polar surface area (TPSA) is 54.6 Å². The summed E-state index contributed by atoms with van der Waals surface area (Å²) < 4.78 is 6.10. The minimum atomic E-state index is -0.267. The van der Waals surface area contributed by atoms with E-state index >= 15 is 0 Å². The number of nitrogens with zero attached hydrogens (tertiary/aromatic N) is 1. The van der Waals surface area contributed by atoms with E-state index in [-0.39, 0.29) is 5.91 Å². The number of halogens is 1. The van der Waals surface area contributed by atoms with Gasteiger partial charge in [0.15, 0.2) is 0 Å². The van der Waals surface area contributed by atoms with E-state index in [0.29, 0.717) is 11.3 Å². The third-order valence-electron chi connectivity index (χ3n) is 2.36. The number of furan rings is 1. The minimum Gasteiger partial charge on any atom is -0.469 e. The van der Waals surface area contributed by atoms with Gasteiger partial charge in [-0.2, -0.15) is 5.10 Å². The Morgan fingerprint density at radius 2 is 2.22 bits per heavy atom. The molecule has 1 N–H and O–H groups in total. The number of carbonyl (C=O) groups is 1. The lowest BCUT2D eigenvalue weighted by molar-refractivity contribution is 0.0953. The van der Waals surface area contributed by atoms with Crippen LogP contribution >= 0.6 is 27.3 Å². The summed E-state index contributed by atoms with van der Waals surface area (Å²) in [5.74, 6) is 0.315.